The summed E-state index contributed by atoms with van der Waals surface area (Å²) in [5.41, 5.74) is 5.86. The van der Waals surface area contributed by atoms with Crippen LogP contribution in [0.2, 0.25) is 5.02 Å². The summed E-state index contributed by atoms with van der Waals surface area (Å²) in [6, 6.07) is 2.31. The largest absolute Gasteiger partial charge is 0.380 e. The van der Waals surface area contributed by atoms with Crippen molar-refractivity contribution in [3.05, 3.63) is 21.3 Å². The number of nitrogens with zero attached hydrogens (tertiary/aromatic N) is 1. The first-order valence-corrected chi connectivity index (χ1v) is 6.71. The highest BCUT2D eigenvalue weighted by Crippen LogP contribution is 2.31. The maximum atomic E-state index is 5.95. The Balaban J connectivity index is 2.06. The van der Waals surface area contributed by atoms with Gasteiger partial charge < -0.3 is 10.5 Å². The van der Waals surface area contributed by atoms with Gasteiger partial charge in [0.2, 0.25) is 0 Å². The third kappa shape index (κ3) is 2.57. The lowest BCUT2D eigenvalue weighted by Crippen LogP contribution is -2.32. The molecule has 1 fully saturated rings. The van der Waals surface area contributed by atoms with Crippen LogP contribution in [-0.4, -0.2) is 37.7 Å². The Kier molecular flexibility index (Phi) is 4.21. The van der Waals surface area contributed by atoms with Gasteiger partial charge in [-0.3, -0.25) is 4.90 Å². The summed E-state index contributed by atoms with van der Waals surface area (Å²) in [4.78, 5) is 3.64. The smallest absolute Gasteiger partial charge is 0.0710 e. The predicted octanol–water partition coefficient (Wildman–Crippen LogP) is 2.12. The fraction of sp³-hybridized carbons (Fsp3) is 0.636. The second kappa shape index (κ2) is 5.47. The zero-order valence-electron chi connectivity index (χ0n) is 9.36. The van der Waals surface area contributed by atoms with E-state index in [-0.39, 0.29) is 6.04 Å². The minimum atomic E-state index is 0.289. The van der Waals surface area contributed by atoms with Crippen LogP contribution in [0.5, 0.6) is 0 Å². The van der Waals surface area contributed by atoms with E-state index in [0.29, 0.717) is 12.6 Å². The SMILES string of the molecule is COC1CCN(C(CN)c2cc(Cl)cs2)C1. The van der Waals surface area contributed by atoms with Gasteiger partial charge in [0.15, 0.2) is 0 Å². The highest BCUT2D eigenvalue weighted by Gasteiger charge is 2.28. The topological polar surface area (TPSA) is 38.5 Å². The van der Waals surface area contributed by atoms with E-state index >= 15 is 0 Å². The monoisotopic (exact) mass is 260 g/mol. The molecule has 1 aliphatic heterocycles. The van der Waals surface area contributed by atoms with E-state index < -0.39 is 0 Å². The van der Waals surface area contributed by atoms with E-state index in [1.54, 1.807) is 18.4 Å². The molecule has 1 saturated heterocycles. The van der Waals surface area contributed by atoms with E-state index in [9.17, 15) is 0 Å². The summed E-state index contributed by atoms with van der Waals surface area (Å²) in [5, 5.41) is 2.77. The maximum Gasteiger partial charge on any atom is 0.0710 e. The number of ether oxygens (including phenoxy) is 1. The van der Waals surface area contributed by atoms with Gasteiger partial charge in [-0.25, -0.2) is 0 Å². The summed E-state index contributed by atoms with van der Waals surface area (Å²) in [6.45, 7) is 2.65. The quantitative estimate of drug-likeness (QED) is 0.901. The van der Waals surface area contributed by atoms with Crippen molar-refractivity contribution in [2.45, 2.75) is 18.6 Å². The molecule has 0 saturated carbocycles. The second-order valence-corrected chi connectivity index (χ2v) is 5.44. The number of hydrogen-bond acceptors (Lipinski definition) is 4. The van der Waals surface area contributed by atoms with Crippen LogP contribution in [0.3, 0.4) is 0 Å². The van der Waals surface area contributed by atoms with Crippen molar-refractivity contribution in [3.8, 4) is 0 Å². The highest BCUT2D eigenvalue weighted by molar-refractivity contribution is 7.10. The molecule has 0 bridgehead atoms. The zero-order chi connectivity index (χ0) is 11.5. The fourth-order valence-corrected chi connectivity index (χ4v) is 3.41. The Labute approximate surface area is 105 Å². The first-order valence-electron chi connectivity index (χ1n) is 5.45. The third-order valence-corrected chi connectivity index (χ3v) is 4.47. The standard InChI is InChI=1S/C11H17ClN2OS/c1-15-9-2-3-14(6-9)10(5-13)11-4-8(12)7-16-11/h4,7,9-10H,2-3,5-6,13H2,1H3. The first kappa shape index (κ1) is 12.3. The molecule has 0 aliphatic carbocycles. The third-order valence-electron chi connectivity index (χ3n) is 3.09. The number of rotatable bonds is 4. The fourth-order valence-electron chi connectivity index (χ4n) is 2.18. The van der Waals surface area contributed by atoms with Gasteiger partial charge >= 0.3 is 0 Å². The summed E-state index contributed by atoms with van der Waals surface area (Å²) >= 11 is 7.63. The average Bonchev–Trinajstić information content (AvgIpc) is 2.89. The lowest BCUT2D eigenvalue weighted by molar-refractivity contribution is 0.102. The molecule has 2 rings (SSSR count). The molecule has 0 aromatic carbocycles. The molecule has 2 heterocycles. The molecule has 2 atom stereocenters. The minimum absolute atomic E-state index is 0.289. The van der Waals surface area contributed by atoms with Crippen LogP contribution in [0.4, 0.5) is 0 Å². The van der Waals surface area contributed by atoms with Crippen molar-refractivity contribution in [3.63, 3.8) is 0 Å². The highest BCUT2D eigenvalue weighted by atomic mass is 35.5. The van der Waals surface area contributed by atoms with E-state index in [1.807, 2.05) is 11.4 Å². The van der Waals surface area contributed by atoms with Gasteiger partial charge in [-0.05, 0) is 12.5 Å². The van der Waals surface area contributed by atoms with Crippen molar-refractivity contribution in [2.75, 3.05) is 26.7 Å². The van der Waals surface area contributed by atoms with Crippen molar-refractivity contribution in [2.24, 2.45) is 5.73 Å². The van der Waals surface area contributed by atoms with E-state index in [1.165, 1.54) is 4.88 Å². The Bertz CT molecular complexity index is 344. The minimum Gasteiger partial charge on any atom is -0.380 e. The lowest BCUT2D eigenvalue weighted by Gasteiger charge is -2.25. The van der Waals surface area contributed by atoms with Gasteiger partial charge in [0.1, 0.15) is 0 Å². The van der Waals surface area contributed by atoms with E-state index in [4.69, 9.17) is 22.1 Å². The summed E-state index contributed by atoms with van der Waals surface area (Å²) in [5.74, 6) is 0. The number of nitrogens with two attached hydrogens (primary N) is 1. The van der Waals surface area contributed by atoms with Crippen LogP contribution in [0, 0.1) is 0 Å². The molecule has 0 amide bonds. The molecule has 1 aliphatic rings. The summed E-state index contributed by atoms with van der Waals surface area (Å²) in [7, 11) is 1.77. The van der Waals surface area contributed by atoms with Crippen LogP contribution in [0.15, 0.2) is 11.4 Å². The number of thiophene rings is 1. The number of hydrogen-bond donors (Lipinski definition) is 1. The summed E-state index contributed by atoms with van der Waals surface area (Å²) in [6.07, 6.45) is 1.44. The molecular formula is C11H17ClN2OS. The number of halogens is 1. The van der Waals surface area contributed by atoms with Gasteiger partial charge in [0.05, 0.1) is 17.2 Å². The molecular weight excluding hydrogens is 244 g/mol. The molecule has 0 radical (unpaired) electrons. The average molecular weight is 261 g/mol. The molecule has 0 spiro atoms. The Morgan fingerprint density at radius 1 is 1.75 bits per heavy atom. The second-order valence-electron chi connectivity index (χ2n) is 4.06. The van der Waals surface area contributed by atoms with Crippen molar-refractivity contribution < 1.29 is 4.74 Å². The predicted molar refractivity (Wildman–Crippen MR) is 68.1 cm³/mol. The van der Waals surface area contributed by atoms with Crippen LogP contribution in [0.25, 0.3) is 0 Å². The van der Waals surface area contributed by atoms with E-state index in [0.717, 1.165) is 24.5 Å². The molecule has 90 valence electrons. The Hall–Kier alpha value is -0.130. The van der Waals surface area contributed by atoms with Crippen LogP contribution in [-0.2, 0) is 4.74 Å². The van der Waals surface area contributed by atoms with E-state index in [2.05, 4.69) is 4.90 Å². The van der Waals surface area contributed by atoms with Gasteiger partial charge in [0, 0.05) is 37.0 Å². The first-order chi connectivity index (χ1) is 7.74. The Morgan fingerprint density at radius 3 is 3.06 bits per heavy atom. The maximum absolute atomic E-state index is 5.95. The molecule has 3 nitrogen and oxygen atoms in total. The molecule has 5 heteroatoms. The number of methoxy groups -OCH3 is 1. The zero-order valence-corrected chi connectivity index (χ0v) is 10.9. The lowest BCUT2D eigenvalue weighted by atomic mass is 10.2. The van der Waals surface area contributed by atoms with Gasteiger partial charge in [-0.2, -0.15) is 0 Å². The summed E-state index contributed by atoms with van der Waals surface area (Å²) < 4.78 is 5.37. The van der Waals surface area contributed by atoms with Crippen molar-refractivity contribution in [1.29, 1.82) is 0 Å². The molecule has 16 heavy (non-hydrogen) atoms. The van der Waals surface area contributed by atoms with Crippen LogP contribution < -0.4 is 5.73 Å². The van der Waals surface area contributed by atoms with Crippen molar-refractivity contribution >= 4 is 22.9 Å². The number of likely N-dealkylation sites (tertiary alicyclic amines) is 1. The van der Waals surface area contributed by atoms with Gasteiger partial charge in [-0.15, -0.1) is 11.3 Å². The van der Waals surface area contributed by atoms with Crippen molar-refractivity contribution in [1.82, 2.24) is 4.90 Å². The Morgan fingerprint density at radius 2 is 2.56 bits per heavy atom. The molecule has 2 N–H and O–H groups in total. The van der Waals surface area contributed by atoms with Crippen LogP contribution >= 0.6 is 22.9 Å². The van der Waals surface area contributed by atoms with Gasteiger partial charge in [0.25, 0.3) is 0 Å². The molecule has 1 aromatic rings. The van der Waals surface area contributed by atoms with Crippen LogP contribution in [0.1, 0.15) is 17.3 Å². The van der Waals surface area contributed by atoms with Gasteiger partial charge in [-0.1, -0.05) is 11.6 Å². The molecule has 2 unspecified atom stereocenters. The molecule has 1 aromatic heterocycles. The normalized spacial score (nSPS) is 23.8.